The summed E-state index contributed by atoms with van der Waals surface area (Å²) < 4.78 is 0. The third kappa shape index (κ3) is 1.06. The monoisotopic (exact) mass is 206 g/mol. The number of benzene rings is 1. The van der Waals surface area contributed by atoms with Crippen LogP contribution in [0.1, 0.15) is 18.9 Å². The van der Waals surface area contributed by atoms with Crippen molar-refractivity contribution in [1.29, 1.82) is 0 Å². The number of hydrogen-bond donors (Lipinski definition) is 1. The van der Waals surface area contributed by atoms with Crippen molar-refractivity contribution in [3.63, 3.8) is 0 Å². The lowest BCUT2D eigenvalue weighted by atomic mass is 9.89. The van der Waals surface area contributed by atoms with Gasteiger partial charge in [0, 0.05) is 11.3 Å². The molecule has 1 heterocycles. The van der Waals surface area contributed by atoms with Gasteiger partial charge in [0.05, 0.1) is 11.3 Å². The maximum absolute atomic E-state index is 11.7. The third-order valence-corrected chi connectivity index (χ3v) is 2.82. The number of anilines is 1. The molecule has 0 aromatic heterocycles. The zero-order chi connectivity index (χ0) is 11.1. The van der Waals surface area contributed by atoms with Crippen molar-refractivity contribution in [3.05, 3.63) is 39.9 Å². The highest BCUT2D eigenvalue weighted by atomic mass is 16.6. The summed E-state index contributed by atoms with van der Waals surface area (Å²) in [6.07, 6.45) is 0.156. The van der Waals surface area contributed by atoms with E-state index in [1.807, 2.05) is 0 Å². The quantitative estimate of drug-likeness (QED) is 0.589. The molecule has 1 amide bonds. The molecule has 2 rings (SSSR count). The first-order chi connectivity index (χ1) is 7.13. The number of para-hydroxylation sites is 1. The van der Waals surface area contributed by atoms with Crippen molar-refractivity contribution in [3.8, 4) is 0 Å². The lowest BCUT2D eigenvalue weighted by molar-refractivity contribution is -0.559. The van der Waals surface area contributed by atoms with E-state index in [4.69, 9.17) is 0 Å². The fourth-order valence-electron chi connectivity index (χ4n) is 1.96. The van der Waals surface area contributed by atoms with E-state index in [0.29, 0.717) is 11.3 Å². The van der Waals surface area contributed by atoms with Crippen molar-refractivity contribution in [1.82, 2.24) is 0 Å². The van der Waals surface area contributed by atoms with Crippen molar-refractivity contribution >= 4 is 11.6 Å². The van der Waals surface area contributed by atoms with Gasteiger partial charge in [-0.25, -0.2) is 0 Å². The number of rotatable bonds is 2. The number of hydrogen-bond acceptors (Lipinski definition) is 3. The number of amides is 1. The van der Waals surface area contributed by atoms with Crippen LogP contribution in [0.15, 0.2) is 24.3 Å². The molecular weight excluding hydrogens is 196 g/mol. The van der Waals surface area contributed by atoms with Gasteiger partial charge in [0.1, 0.15) is 0 Å². The molecule has 0 bridgehead atoms. The van der Waals surface area contributed by atoms with Crippen LogP contribution in [0.2, 0.25) is 0 Å². The highest BCUT2D eigenvalue weighted by Crippen LogP contribution is 2.40. The largest absolute Gasteiger partial charge is 0.325 e. The number of nitrogens with zero attached hydrogens (tertiary/aromatic N) is 1. The fourth-order valence-corrected chi connectivity index (χ4v) is 1.96. The average molecular weight is 206 g/mol. The Morgan fingerprint density at radius 2 is 2.13 bits per heavy atom. The summed E-state index contributed by atoms with van der Waals surface area (Å²) in [7, 11) is 0. The zero-order valence-corrected chi connectivity index (χ0v) is 8.19. The second-order valence-corrected chi connectivity index (χ2v) is 3.47. The zero-order valence-electron chi connectivity index (χ0n) is 8.19. The Morgan fingerprint density at radius 3 is 2.73 bits per heavy atom. The van der Waals surface area contributed by atoms with Crippen LogP contribution < -0.4 is 5.32 Å². The Labute approximate surface area is 86.2 Å². The number of nitro groups is 1. The van der Waals surface area contributed by atoms with Gasteiger partial charge in [0.2, 0.25) is 0 Å². The minimum Gasteiger partial charge on any atom is -0.319 e. The van der Waals surface area contributed by atoms with Crippen LogP contribution in [0.4, 0.5) is 5.69 Å². The van der Waals surface area contributed by atoms with E-state index in [1.54, 1.807) is 31.2 Å². The lowest BCUT2D eigenvalue weighted by Crippen LogP contribution is -2.41. The molecule has 1 N–H and O–H groups in total. The molecule has 0 fully saturated rings. The molecule has 1 aliphatic rings. The SMILES string of the molecule is CC[C@]1([N+](=O)[O-])C(=O)Nc2ccccc21. The van der Waals surface area contributed by atoms with Crippen LogP contribution in [0.3, 0.4) is 0 Å². The van der Waals surface area contributed by atoms with E-state index in [-0.39, 0.29) is 6.42 Å². The van der Waals surface area contributed by atoms with Gasteiger partial charge >= 0.3 is 11.4 Å². The molecule has 0 spiro atoms. The van der Waals surface area contributed by atoms with Crippen LogP contribution in [-0.4, -0.2) is 10.8 Å². The molecule has 5 nitrogen and oxygen atoms in total. The standard InChI is InChI=1S/C10H10N2O3/c1-2-10(12(14)15)7-5-3-4-6-8(7)11-9(10)13/h3-6H,2H2,1H3,(H,11,13)/t10-/m1/s1. The molecule has 0 unspecified atom stereocenters. The Morgan fingerprint density at radius 1 is 1.47 bits per heavy atom. The molecule has 1 atom stereocenters. The summed E-state index contributed by atoms with van der Waals surface area (Å²) in [4.78, 5) is 22.2. The molecule has 1 aromatic carbocycles. The predicted molar refractivity (Wildman–Crippen MR) is 54.0 cm³/mol. The normalized spacial score (nSPS) is 23.4. The van der Waals surface area contributed by atoms with Gasteiger partial charge in [-0.15, -0.1) is 0 Å². The number of carbonyl (C=O) groups is 1. The molecule has 15 heavy (non-hydrogen) atoms. The van der Waals surface area contributed by atoms with Crippen LogP contribution in [0.5, 0.6) is 0 Å². The second-order valence-electron chi connectivity index (χ2n) is 3.47. The van der Waals surface area contributed by atoms with Gasteiger partial charge in [-0.2, -0.15) is 0 Å². The second kappa shape index (κ2) is 3.05. The van der Waals surface area contributed by atoms with E-state index in [2.05, 4.69) is 5.32 Å². The molecule has 0 saturated carbocycles. The van der Waals surface area contributed by atoms with E-state index in [0.717, 1.165) is 0 Å². The van der Waals surface area contributed by atoms with Crippen molar-refractivity contribution in [2.75, 3.05) is 5.32 Å². The molecule has 1 aliphatic heterocycles. The van der Waals surface area contributed by atoms with Gasteiger partial charge in [0.25, 0.3) is 0 Å². The molecule has 0 saturated heterocycles. The number of fused-ring (bicyclic) bond motifs is 1. The third-order valence-electron chi connectivity index (χ3n) is 2.82. The summed E-state index contributed by atoms with van der Waals surface area (Å²) in [5.74, 6) is -0.545. The first-order valence-electron chi connectivity index (χ1n) is 4.68. The lowest BCUT2D eigenvalue weighted by Gasteiger charge is -2.15. The maximum Gasteiger partial charge on any atom is 0.325 e. The molecule has 0 radical (unpaired) electrons. The topological polar surface area (TPSA) is 72.2 Å². The van der Waals surface area contributed by atoms with Crippen LogP contribution in [0.25, 0.3) is 0 Å². The Kier molecular flexibility index (Phi) is 1.96. The smallest absolute Gasteiger partial charge is 0.319 e. The number of nitrogens with one attached hydrogen (secondary N) is 1. The van der Waals surface area contributed by atoms with Gasteiger partial charge < -0.3 is 5.32 Å². The number of carbonyl (C=O) groups excluding carboxylic acids is 1. The maximum atomic E-state index is 11.7. The average Bonchev–Trinajstić information content (AvgIpc) is 2.50. The minimum absolute atomic E-state index is 0.156. The van der Waals surface area contributed by atoms with Gasteiger partial charge in [-0.1, -0.05) is 19.1 Å². The minimum atomic E-state index is -1.60. The summed E-state index contributed by atoms with van der Waals surface area (Å²) in [6, 6.07) is 6.74. The van der Waals surface area contributed by atoms with Crippen LogP contribution in [-0.2, 0) is 10.3 Å². The Hall–Kier alpha value is -1.91. The molecule has 5 heteroatoms. The summed E-state index contributed by atoms with van der Waals surface area (Å²) >= 11 is 0. The van der Waals surface area contributed by atoms with Crippen LogP contribution >= 0.6 is 0 Å². The molecule has 78 valence electrons. The Bertz CT molecular complexity index is 444. The van der Waals surface area contributed by atoms with E-state index < -0.39 is 16.4 Å². The van der Waals surface area contributed by atoms with Crippen molar-refractivity contribution in [2.45, 2.75) is 18.9 Å². The highest BCUT2D eigenvalue weighted by molar-refractivity contribution is 6.04. The summed E-state index contributed by atoms with van der Waals surface area (Å²) in [5.41, 5.74) is -0.597. The van der Waals surface area contributed by atoms with Crippen LogP contribution in [0, 0.1) is 10.1 Å². The van der Waals surface area contributed by atoms with Crippen molar-refractivity contribution < 1.29 is 9.72 Å². The van der Waals surface area contributed by atoms with Gasteiger partial charge in [0.15, 0.2) is 0 Å². The fraction of sp³-hybridized carbons (Fsp3) is 0.300. The summed E-state index contributed by atoms with van der Waals surface area (Å²) in [5, 5.41) is 13.6. The molecule has 1 aromatic rings. The first kappa shape index (κ1) is 9.64. The first-order valence-corrected chi connectivity index (χ1v) is 4.68. The predicted octanol–water partition coefficient (Wildman–Crippen LogP) is 1.52. The van der Waals surface area contributed by atoms with Crippen molar-refractivity contribution in [2.24, 2.45) is 0 Å². The molecule has 0 aliphatic carbocycles. The van der Waals surface area contributed by atoms with Gasteiger partial charge in [-0.3, -0.25) is 14.9 Å². The highest BCUT2D eigenvalue weighted by Gasteiger charge is 2.56. The van der Waals surface area contributed by atoms with E-state index in [9.17, 15) is 14.9 Å². The van der Waals surface area contributed by atoms with Gasteiger partial charge in [-0.05, 0) is 12.1 Å². The van der Waals surface area contributed by atoms with E-state index >= 15 is 0 Å². The Balaban J connectivity index is 2.67. The molecular formula is C10H10N2O3. The van der Waals surface area contributed by atoms with E-state index in [1.165, 1.54) is 0 Å². The summed E-state index contributed by atoms with van der Waals surface area (Å²) in [6.45, 7) is 1.64.